The van der Waals surface area contributed by atoms with Gasteiger partial charge in [-0.2, -0.15) is 0 Å². The van der Waals surface area contributed by atoms with Crippen LogP contribution in [0.3, 0.4) is 0 Å². The van der Waals surface area contributed by atoms with Crippen molar-refractivity contribution < 1.29 is 4.74 Å². The average molecular weight is 408 g/mol. The summed E-state index contributed by atoms with van der Waals surface area (Å²) >= 11 is 0. The number of allylic oxidation sites excluding steroid dienone is 1. The fraction of sp³-hybridized carbons (Fsp3) is 0.500. The number of pyridine rings is 1. The first-order valence-electron chi connectivity index (χ1n) is 11.4. The highest BCUT2D eigenvalue weighted by atomic mass is 16.5. The van der Waals surface area contributed by atoms with E-state index in [-0.39, 0.29) is 0 Å². The molecular weight excluding hydrogens is 370 g/mol. The Hall–Kier alpha value is -2.33. The largest absolute Gasteiger partial charge is 0.463 e. The summed E-state index contributed by atoms with van der Waals surface area (Å²) in [5.41, 5.74) is 3.68. The SMILES string of the molecule is C/C(=C/Oc1ccc(C)cc1)N(C)CCCCCN1CCC(c2ccccn2)CC1. The molecule has 1 fully saturated rings. The Balaban J connectivity index is 1.27. The number of hydrogen-bond acceptors (Lipinski definition) is 4. The smallest absolute Gasteiger partial charge is 0.126 e. The molecule has 0 bridgehead atoms. The predicted molar refractivity (Wildman–Crippen MR) is 125 cm³/mol. The van der Waals surface area contributed by atoms with E-state index in [1.807, 2.05) is 30.7 Å². The molecule has 2 heterocycles. The number of aryl methyl sites for hydroxylation is 1. The Morgan fingerprint density at radius 2 is 1.87 bits per heavy atom. The lowest BCUT2D eigenvalue weighted by molar-refractivity contribution is 0.206. The van der Waals surface area contributed by atoms with E-state index < -0.39 is 0 Å². The van der Waals surface area contributed by atoms with Crippen molar-refractivity contribution >= 4 is 0 Å². The number of likely N-dealkylation sites (tertiary alicyclic amines) is 1. The van der Waals surface area contributed by atoms with E-state index in [1.54, 1.807) is 0 Å². The topological polar surface area (TPSA) is 28.6 Å². The van der Waals surface area contributed by atoms with Gasteiger partial charge in [0, 0.05) is 37.1 Å². The quantitative estimate of drug-likeness (QED) is 0.378. The van der Waals surface area contributed by atoms with Crippen molar-refractivity contribution in [2.24, 2.45) is 0 Å². The van der Waals surface area contributed by atoms with E-state index >= 15 is 0 Å². The molecule has 0 radical (unpaired) electrons. The molecule has 3 rings (SSSR count). The average Bonchev–Trinajstić information content (AvgIpc) is 2.79. The molecule has 1 aliphatic heterocycles. The zero-order chi connectivity index (χ0) is 21.2. The Labute approximate surface area is 182 Å². The first-order chi connectivity index (χ1) is 14.6. The van der Waals surface area contributed by atoms with Gasteiger partial charge in [0.15, 0.2) is 0 Å². The molecule has 1 aromatic heterocycles. The maximum absolute atomic E-state index is 5.78. The zero-order valence-electron chi connectivity index (χ0n) is 18.9. The van der Waals surface area contributed by atoms with E-state index in [4.69, 9.17) is 4.74 Å². The van der Waals surface area contributed by atoms with E-state index in [1.165, 1.54) is 63.0 Å². The number of aromatic nitrogens is 1. The summed E-state index contributed by atoms with van der Waals surface area (Å²) in [6.07, 6.45) is 10.0. The molecule has 1 aromatic carbocycles. The third-order valence-electron chi connectivity index (χ3n) is 6.15. The Morgan fingerprint density at radius 3 is 2.57 bits per heavy atom. The van der Waals surface area contributed by atoms with Crippen LogP contribution in [0.15, 0.2) is 60.6 Å². The highest BCUT2D eigenvalue weighted by Gasteiger charge is 2.20. The highest BCUT2D eigenvalue weighted by molar-refractivity contribution is 5.27. The van der Waals surface area contributed by atoms with E-state index in [0.29, 0.717) is 5.92 Å². The predicted octanol–water partition coefficient (Wildman–Crippen LogP) is 5.61. The van der Waals surface area contributed by atoms with Crippen LogP contribution in [-0.2, 0) is 0 Å². The molecule has 1 aliphatic rings. The van der Waals surface area contributed by atoms with Crippen LogP contribution in [0.1, 0.15) is 56.2 Å². The van der Waals surface area contributed by atoms with Crippen LogP contribution in [0.4, 0.5) is 0 Å². The number of hydrogen-bond donors (Lipinski definition) is 0. The standard InChI is InChI=1S/C26H37N3O/c1-22-10-12-25(13-11-22)30-21-23(2)28(3)17-7-4-8-18-29-19-14-24(15-20-29)26-9-5-6-16-27-26/h5-6,9-13,16,21,24H,4,7-8,14-15,17-20H2,1-3H3/b23-21-. The van der Waals surface area contributed by atoms with Gasteiger partial charge in [-0.1, -0.05) is 30.2 Å². The van der Waals surface area contributed by atoms with Gasteiger partial charge in [-0.05, 0) is 83.4 Å². The van der Waals surface area contributed by atoms with Gasteiger partial charge in [-0.25, -0.2) is 0 Å². The van der Waals surface area contributed by atoms with Gasteiger partial charge in [-0.3, -0.25) is 4.98 Å². The van der Waals surface area contributed by atoms with Gasteiger partial charge in [-0.15, -0.1) is 0 Å². The van der Waals surface area contributed by atoms with Crippen molar-refractivity contribution in [1.29, 1.82) is 0 Å². The molecule has 4 heteroatoms. The maximum Gasteiger partial charge on any atom is 0.126 e. The lowest BCUT2D eigenvalue weighted by Crippen LogP contribution is -2.34. The first-order valence-corrected chi connectivity index (χ1v) is 11.4. The Bertz CT molecular complexity index is 765. The van der Waals surface area contributed by atoms with Crippen LogP contribution in [0.2, 0.25) is 0 Å². The number of piperidine rings is 1. The van der Waals surface area contributed by atoms with Crippen molar-refractivity contribution in [3.8, 4) is 5.75 Å². The lowest BCUT2D eigenvalue weighted by Gasteiger charge is -2.31. The zero-order valence-corrected chi connectivity index (χ0v) is 18.9. The first kappa shape index (κ1) is 22.4. The summed E-state index contributed by atoms with van der Waals surface area (Å²) in [4.78, 5) is 9.45. The van der Waals surface area contributed by atoms with Crippen LogP contribution >= 0.6 is 0 Å². The van der Waals surface area contributed by atoms with Gasteiger partial charge in [0.25, 0.3) is 0 Å². The van der Waals surface area contributed by atoms with Gasteiger partial charge in [0.1, 0.15) is 12.0 Å². The van der Waals surface area contributed by atoms with Crippen molar-refractivity contribution in [2.75, 3.05) is 33.2 Å². The molecule has 4 nitrogen and oxygen atoms in total. The van der Waals surface area contributed by atoms with Gasteiger partial charge >= 0.3 is 0 Å². The second-order valence-electron chi connectivity index (χ2n) is 8.54. The Morgan fingerprint density at radius 1 is 1.10 bits per heavy atom. The minimum absolute atomic E-state index is 0.646. The minimum atomic E-state index is 0.646. The molecule has 0 atom stereocenters. The second-order valence-corrected chi connectivity index (χ2v) is 8.54. The molecule has 0 N–H and O–H groups in total. The van der Waals surface area contributed by atoms with E-state index in [9.17, 15) is 0 Å². The summed E-state index contributed by atoms with van der Waals surface area (Å²) in [6, 6.07) is 14.5. The molecule has 2 aromatic rings. The summed E-state index contributed by atoms with van der Waals surface area (Å²) in [6.45, 7) is 8.91. The third-order valence-corrected chi connectivity index (χ3v) is 6.15. The molecule has 0 aliphatic carbocycles. The van der Waals surface area contributed by atoms with Crippen LogP contribution in [-0.4, -0.2) is 48.0 Å². The molecule has 0 saturated carbocycles. The lowest BCUT2D eigenvalue weighted by atomic mass is 9.93. The number of benzene rings is 1. The number of rotatable bonds is 10. The number of ether oxygens (including phenoxy) is 1. The van der Waals surface area contributed by atoms with Crippen molar-refractivity contribution in [1.82, 2.24) is 14.8 Å². The summed E-state index contributed by atoms with van der Waals surface area (Å²) < 4.78 is 5.78. The van der Waals surface area contributed by atoms with Crippen LogP contribution in [0.25, 0.3) is 0 Å². The molecule has 0 unspecified atom stereocenters. The van der Waals surface area contributed by atoms with Crippen LogP contribution in [0, 0.1) is 6.92 Å². The highest BCUT2D eigenvalue weighted by Crippen LogP contribution is 2.26. The maximum atomic E-state index is 5.78. The number of nitrogens with zero attached hydrogens (tertiary/aromatic N) is 3. The summed E-state index contributed by atoms with van der Waals surface area (Å²) in [7, 11) is 2.15. The van der Waals surface area contributed by atoms with Gasteiger partial charge in [0.05, 0.1) is 0 Å². The van der Waals surface area contributed by atoms with Crippen molar-refractivity contribution in [3.63, 3.8) is 0 Å². The number of unbranched alkanes of at least 4 members (excludes halogenated alkanes) is 2. The molecular formula is C26H37N3O. The van der Waals surface area contributed by atoms with Crippen LogP contribution in [0.5, 0.6) is 5.75 Å². The Kier molecular flexibility index (Phi) is 8.76. The minimum Gasteiger partial charge on any atom is -0.463 e. The third kappa shape index (κ3) is 7.17. The van der Waals surface area contributed by atoms with Crippen LogP contribution < -0.4 is 4.74 Å². The monoisotopic (exact) mass is 407 g/mol. The summed E-state index contributed by atoms with van der Waals surface area (Å²) in [5.74, 6) is 1.54. The fourth-order valence-electron chi connectivity index (χ4n) is 3.97. The molecule has 0 amide bonds. The van der Waals surface area contributed by atoms with Crippen molar-refractivity contribution in [2.45, 2.75) is 51.9 Å². The second kappa shape index (κ2) is 11.8. The molecule has 1 saturated heterocycles. The normalized spacial score (nSPS) is 15.9. The molecule has 30 heavy (non-hydrogen) atoms. The fourth-order valence-corrected chi connectivity index (χ4v) is 3.97. The van der Waals surface area contributed by atoms with E-state index in [2.05, 4.69) is 59.9 Å². The van der Waals surface area contributed by atoms with Gasteiger partial charge in [0.2, 0.25) is 0 Å². The molecule has 162 valence electrons. The van der Waals surface area contributed by atoms with Gasteiger partial charge < -0.3 is 14.5 Å². The molecule has 0 spiro atoms. The van der Waals surface area contributed by atoms with Crippen molar-refractivity contribution in [3.05, 3.63) is 71.9 Å². The van der Waals surface area contributed by atoms with E-state index in [0.717, 1.165) is 18.0 Å². The summed E-state index contributed by atoms with van der Waals surface area (Å²) in [5, 5.41) is 0.